The number of fused-ring (bicyclic) bond motifs is 4. The van der Waals surface area contributed by atoms with Crippen molar-refractivity contribution in [3.8, 4) is 44.5 Å². The van der Waals surface area contributed by atoms with Crippen molar-refractivity contribution in [2.75, 3.05) is 0 Å². The van der Waals surface area contributed by atoms with Gasteiger partial charge in [-0.3, -0.25) is 0 Å². The van der Waals surface area contributed by atoms with Gasteiger partial charge in [-0.05, 0) is 34.7 Å². The van der Waals surface area contributed by atoms with Crippen molar-refractivity contribution in [1.82, 2.24) is 0 Å². The number of benzene rings is 6. The van der Waals surface area contributed by atoms with Crippen molar-refractivity contribution < 1.29 is 20.8 Å². The second-order valence-electron chi connectivity index (χ2n) is 10.5. The summed E-state index contributed by atoms with van der Waals surface area (Å²) in [5, 5.41) is 5.43. The summed E-state index contributed by atoms with van der Waals surface area (Å²) in [6, 6.07) is 57.4. The first-order valence-corrected chi connectivity index (χ1v) is 21.7. The largest absolute Gasteiger partial charge is 0.184 e. The molecular weight excluding hydrogens is 671 g/mol. The zero-order chi connectivity index (χ0) is 30.3. The Balaban J connectivity index is 0.000000177. The molecule has 7 aromatic carbocycles. The molecule has 210 valence electrons. The van der Waals surface area contributed by atoms with Crippen molar-refractivity contribution >= 4 is 47.7 Å². The molecule has 0 unspecified atom stereocenters. The summed E-state index contributed by atoms with van der Waals surface area (Å²) in [7, 11) is 10.7. The Morgan fingerprint density at radius 2 is 1.23 bits per heavy atom. The first kappa shape index (κ1) is 30.6. The molecule has 4 heteroatoms. The molecule has 0 atom stereocenters. The van der Waals surface area contributed by atoms with E-state index in [1.165, 1.54) is 71.2 Å². The van der Waals surface area contributed by atoms with Crippen LogP contribution in [0, 0.1) is 13.0 Å². The molecule has 2 radical (unpaired) electrons. The third kappa shape index (κ3) is 6.65. The molecular formula is C40H28Cl2SiZr. The molecule has 1 aliphatic rings. The van der Waals surface area contributed by atoms with E-state index in [9.17, 15) is 0 Å². The van der Waals surface area contributed by atoms with Crippen LogP contribution in [0.25, 0.3) is 55.3 Å². The summed E-state index contributed by atoms with van der Waals surface area (Å²) in [6.07, 6.45) is 0. The van der Waals surface area contributed by atoms with E-state index in [0.29, 0.717) is 0 Å². The molecule has 0 spiro atoms. The summed E-state index contributed by atoms with van der Waals surface area (Å²) >= 11 is -0.826. The topological polar surface area (TPSA) is 0 Å². The van der Waals surface area contributed by atoms with Crippen molar-refractivity contribution in [3.05, 3.63) is 163 Å². The number of aryl methyl sites for hydroxylation is 1. The van der Waals surface area contributed by atoms with Gasteiger partial charge in [0.2, 0.25) is 0 Å². The van der Waals surface area contributed by atoms with Crippen LogP contribution in [0.15, 0.2) is 152 Å². The van der Waals surface area contributed by atoms with Crippen LogP contribution >= 0.6 is 17.0 Å². The van der Waals surface area contributed by atoms with Gasteiger partial charge in [-0.25, -0.2) is 0 Å². The molecule has 44 heavy (non-hydrogen) atoms. The maximum absolute atomic E-state index is 4.93. The van der Waals surface area contributed by atoms with Gasteiger partial charge in [-0.1, -0.05) is 132 Å². The van der Waals surface area contributed by atoms with Crippen LogP contribution in [0.3, 0.4) is 0 Å². The second kappa shape index (κ2) is 14.6. The van der Waals surface area contributed by atoms with Crippen LogP contribution in [0.4, 0.5) is 0 Å². The number of rotatable bonds is 3. The minimum absolute atomic E-state index is 0.795. The zero-order valence-electron chi connectivity index (χ0n) is 24.2. The molecule has 8 rings (SSSR count). The summed E-state index contributed by atoms with van der Waals surface area (Å²) < 4.78 is 0. The van der Waals surface area contributed by atoms with E-state index < -0.39 is 20.8 Å². The van der Waals surface area contributed by atoms with Crippen LogP contribution in [0.2, 0.25) is 0 Å². The van der Waals surface area contributed by atoms with Gasteiger partial charge in [0.25, 0.3) is 0 Å². The van der Waals surface area contributed by atoms with Gasteiger partial charge in [0, 0.05) is 0 Å². The van der Waals surface area contributed by atoms with Gasteiger partial charge >= 0.3 is 37.9 Å². The second-order valence-corrected chi connectivity index (χ2v) is 15.5. The Morgan fingerprint density at radius 3 is 1.95 bits per heavy atom. The number of hydrogen-bond acceptors (Lipinski definition) is 0. The molecule has 0 saturated heterocycles. The predicted octanol–water partition coefficient (Wildman–Crippen LogP) is 10.4. The quantitative estimate of drug-likeness (QED) is 0.127. The Morgan fingerprint density at radius 1 is 0.614 bits per heavy atom. The molecule has 0 fully saturated rings. The van der Waals surface area contributed by atoms with Crippen LogP contribution < -0.4 is 10.4 Å². The van der Waals surface area contributed by atoms with Crippen molar-refractivity contribution in [3.63, 3.8) is 0 Å². The SMILES string of the molecule is Cc1ccccc1-c1c(-c2ccccc2)ccc2[cH-]c(-c3ccccc3)cc12.[Cl][Zr+2][Cl].[c-]1cccc2c1[Si]c1ccccc1-2. The fraction of sp³-hybridized carbons (Fsp3) is 0.0250. The van der Waals surface area contributed by atoms with E-state index >= 15 is 0 Å². The predicted molar refractivity (Wildman–Crippen MR) is 188 cm³/mol. The zero-order valence-corrected chi connectivity index (χ0v) is 29.2. The van der Waals surface area contributed by atoms with E-state index in [1.807, 2.05) is 6.07 Å². The minimum atomic E-state index is -0.826. The fourth-order valence-electron chi connectivity index (χ4n) is 5.81. The first-order valence-electron chi connectivity index (χ1n) is 14.4. The Bertz CT molecular complexity index is 1950. The molecule has 0 saturated carbocycles. The summed E-state index contributed by atoms with van der Waals surface area (Å²) in [5.74, 6) is 0. The van der Waals surface area contributed by atoms with E-state index in [2.05, 4.69) is 159 Å². The van der Waals surface area contributed by atoms with Crippen molar-refractivity contribution in [2.45, 2.75) is 6.92 Å². The van der Waals surface area contributed by atoms with Gasteiger partial charge in [-0.2, -0.15) is 29.5 Å². The number of halogens is 2. The Labute approximate surface area is 281 Å². The molecule has 0 aliphatic carbocycles. The molecule has 0 nitrogen and oxygen atoms in total. The van der Waals surface area contributed by atoms with Gasteiger partial charge in [0.05, 0.1) is 9.52 Å². The van der Waals surface area contributed by atoms with E-state index in [1.54, 1.807) is 0 Å². The van der Waals surface area contributed by atoms with E-state index in [0.717, 1.165) is 9.52 Å². The van der Waals surface area contributed by atoms with Crippen molar-refractivity contribution in [2.24, 2.45) is 0 Å². The number of hydrogen-bond donors (Lipinski definition) is 0. The van der Waals surface area contributed by atoms with E-state index in [4.69, 9.17) is 17.0 Å². The molecule has 1 heterocycles. The van der Waals surface area contributed by atoms with Gasteiger partial charge in [0.15, 0.2) is 0 Å². The van der Waals surface area contributed by atoms with Crippen LogP contribution in [0.1, 0.15) is 5.56 Å². The summed E-state index contributed by atoms with van der Waals surface area (Å²) in [5.41, 5.74) is 11.8. The summed E-state index contributed by atoms with van der Waals surface area (Å²) in [4.78, 5) is 0. The third-order valence-corrected chi connectivity index (χ3v) is 9.20. The molecule has 0 aromatic heterocycles. The summed E-state index contributed by atoms with van der Waals surface area (Å²) in [6.45, 7) is 2.20. The molecule has 7 aromatic rings. The normalized spacial score (nSPS) is 10.9. The van der Waals surface area contributed by atoms with Crippen LogP contribution in [-0.2, 0) is 20.8 Å². The monoisotopic (exact) mass is 696 g/mol. The van der Waals surface area contributed by atoms with Gasteiger partial charge in [0.1, 0.15) is 0 Å². The Hall–Kier alpha value is -3.39. The smallest absolute Gasteiger partial charge is 0.0920 e. The maximum Gasteiger partial charge on any atom is 0.0920 e. The van der Waals surface area contributed by atoms with Crippen LogP contribution in [0.5, 0.6) is 0 Å². The molecule has 0 N–H and O–H groups in total. The van der Waals surface area contributed by atoms with Gasteiger partial charge in [-0.15, -0.1) is 40.1 Å². The standard InChI is InChI=1S/C28H21.C12H7Si.2ClH.Zr/c1-20-10-8-9-15-25(20)28-26(22-13-6-3-7-14-22)17-16-23-18-24(19-27(23)28)21-11-4-2-5-12-21;1-3-7-11-9(5-1)10-6-2-4-8-12(10)13-11;;;/h2-19H,1H3;1-7H;2*1H;/q2*-1;;;+4/p-2. The van der Waals surface area contributed by atoms with Gasteiger partial charge < -0.3 is 0 Å². The molecule has 1 aliphatic heterocycles. The van der Waals surface area contributed by atoms with Crippen molar-refractivity contribution in [1.29, 1.82) is 0 Å². The minimum Gasteiger partial charge on any atom is -0.184 e. The Kier molecular flexibility index (Phi) is 10.2. The average molecular weight is 699 g/mol. The fourth-order valence-corrected chi connectivity index (χ4v) is 7.12. The third-order valence-electron chi connectivity index (χ3n) is 7.83. The van der Waals surface area contributed by atoms with Crippen LogP contribution in [-0.4, -0.2) is 9.52 Å². The molecule has 0 amide bonds. The van der Waals surface area contributed by atoms with E-state index in [-0.39, 0.29) is 0 Å². The first-order chi connectivity index (χ1) is 21.7. The maximum atomic E-state index is 4.93. The average Bonchev–Trinajstić information content (AvgIpc) is 3.68. The molecule has 0 bridgehead atoms.